The number of halogens is 1. The van der Waals surface area contributed by atoms with Gasteiger partial charge in [0.1, 0.15) is 12.4 Å². The van der Waals surface area contributed by atoms with Crippen LogP contribution in [0.15, 0.2) is 29.3 Å². The number of amidine groups is 1. The zero-order chi connectivity index (χ0) is 18.9. The summed E-state index contributed by atoms with van der Waals surface area (Å²) >= 11 is 1.09. The molecule has 1 aromatic rings. The number of carbonyl (C=O) groups excluding carboxylic acids is 2. The zero-order valence-electron chi connectivity index (χ0n) is 13.3. The minimum atomic E-state index is -3.26. The molecule has 0 unspecified atom stereocenters. The molecule has 2 aliphatic rings. The van der Waals surface area contributed by atoms with Crippen molar-refractivity contribution in [3.05, 3.63) is 30.1 Å². The molecule has 2 fully saturated rings. The lowest BCUT2D eigenvalue weighted by molar-refractivity contribution is -0.309. The summed E-state index contributed by atoms with van der Waals surface area (Å²) in [7, 11) is -3.26. The predicted molar refractivity (Wildman–Crippen MR) is 91.0 cm³/mol. The number of nitrogens with zero attached hydrogens (tertiary/aromatic N) is 2. The third-order valence-electron chi connectivity index (χ3n) is 3.84. The second kappa shape index (κ2) is 7.33. The lowest BCUT2D eigenvalue weighted by Gasteiger charge is -2.24. The highest BCUT2D eigenvalue weighted by Crippen LogP contribution is 2.41. The lowest BCUT2D eigenvalue weighted by atomic mass is 10.2. The molecule has 1 aromatic carbocycles. The maximum atomic E-state index is 14.3. The van der Waals surface area contributed by atoms with Crippen molar-refractivity contribution in [3.63, 3.8) is 0 Å². The van der Waals surface area contributed by atoms with Crippen LogP contribution in [0.2, 0.25) is 0 Å². The average molecular weight is 401 g/mol. The molecule has 0 aromatic heterocycles. The van der Waals surface area contributed by atoms with Crippen molar-refractivity contribution in [2.75, 3.05) is 29.6 Å². The SMILES string of the molecule is O=C([O-])COCC(=O)N=C1S[C@@H]2CS(=O)(=O)C[C@@H]2N1c1ccccc1F. The first-order chi connectivity index (χ1) is 12.3. The van der Waals surface area contributed by atoms with E-state index in [1.807, 2.05) is 0 Å². The van der Waals surface area contributed by atoms with Crippen LogP contribution in [0.4, 0.5) is 10.1 Å². The van der Waals surface area contributed by atoms with Crippen molar-refractivity contribution in [3.8, 4) is 0 Å². The number of carboxylic acid groups (broad SMARTS) is 1. The van der Waals surface area contributed by atoms with E-state index in [0.29, 0.717) is 0 Å². The third-order valence-corrected chi connectivity index (χ3v) is 7.05. The Morgan fingerprint density at radius 1 is 1.31 bits per heavy atom. The van der Waals surface area contributed by atoms with E-state index in [-0.39, 0.29) is 27.6 Å². The topological polar surface area (TPSA) is 116 Å². The maximum absolute atomic E-state index is 14.3. The zero-order valence-corrected chi connectivity index (χ0v) is 15.0. The van der Waals surface area contributed by atoms with Gasteiger partial charge in [0.15, 0.2) is 15.0 Å². The number of anilines is 1. The van der Waals surface area contributed by atoms with Gasteiger partial charge in [-0.3, -0.25) is 4.79 Å². The van der Waals surface area contributed by atoms with Crippen LogP contribution in [0.1, 0.15) is 0 Å². The molecule has 0 spiro atoms. The number of benzene rings is 1. The number of hydrogen-bond acceptors (Lipinski definition) is 7. The Labute approximate surface area is 153 Å². The molecule has 2 heterocycles. The normalized spacial score (nSPS) is 25.4. The number of hydrogen-bond donors (Lipinski definition) is 0. The predicted octanol–water partition coefficient (Wildman–Crippen LogP) is -0.806. The molecule has 0 radical (unpaired) electrons. The van der Waals surface area contributed by atoms with Crippen LogP contribution in [-0.2, 0) is 24.2 Å². The molecule has 0 bridgehead atoms. The molecule has 2 saturated heterocycles. The molecule has 1 amide bonds. The van der Waals surface area contributed by atoms with Gasteiger partial charge in [-0.2, -0.15) is 4.99 Å². The van der Waals surface area contributed by atoms with Crippen molar-refractivity contribution in [1.29, 1.82) is 0 Å². The number of fused-ring (bicyclic) bond motifs is 1. The summed E-state index contributed by atoms with van der Waals surface area (Å²) < 4.78 is 42.7. The first-order valence-electron chi connectivity index (χ1n) is 7.57. The molecule has 2 atom stereocenters. The van der Waals surface area contributed by atoms with Crippen LogP contribution in [0, 0.1) is 5.82 Å². The van der Waals surface area contributed by atoms with E-state index in [0.717, 1.165) is 11.8 Å². The Morgan fingerprint density at radius 2 is 2.04 bits per heavy atom. The molecule has 3 rings (SSSR count). The molecule has 0 N–H and O–H groups in total. The highest BCUT2D eigenvalue weighted by Gasteiger charge is 2.49. The minimum Gasteiger partial charge on any atom is -0.548 e. The summed E-state index contributed by atoms with van der Waals surface area (Å²) in [5.74, 6) is -3.02. The van der Waals surface area contributed by atoms with Crippen LogP contribution in [0.3, 0.4) is 0 Å². The fraction of sp³-hybridized carbons (Fsp3) is 0.400. The molecule has 0 saturated carbocycles. The first-order valence-corrected chi connectivity index (χ1v) is 10.3. The largest absolute Gasteiger partial charge is 0.548 e. The smallest absolute Gasteiger partial charge is 0.274 e. The van der Waals surface area contributed by atoms with Crippen LogP contribution >= 0.6 is 11.8 Å². The van der Waals surface area contributed by atoms with Crippen molar-refractivity contribution in [2.45, 2.75) is 11.3 Å². The second-order valence-electron chi connectivity index (χ2n) is 5.77. The summed E-state index contributed by atoms with van der Waals surface area (Å²) in [6.07, 6.45) is 0. The van der Waals surface area contributed by atoms with Gasteiger partial charge in [0.2, 0.25) is 0 Å². The van der Waals surface area contributed by atoms with Gasteiger partial charge in [0.25, 0.3) is 5.91 Å². The first kappa shape index (κ1) is 18.8. The third kappa shape index (κ3) is 4.05. The van der Waals surface area contributed by atoms with Gasteiger partial charge in [-0.15, -0.1) is 0 Å². The van der Waals surface area contributed by atoms with Crippen molar-refractivity contribution in [2.24, 2.45) is 4.99 Å². The quantitative estimate of drug-likeness (QED) is 0.629. The van der Waals surface area contributed by atoms with E-state index in [9.17, 15) is 27.5 Å². The van der Waals surface area contributed by atoms with Crippen LogP contribution in [0.5, 0.6) is 0 Å². The van der Waals surface area contributed by atoms with Crippen molar-refractivity contribution in [1.82, 2.24) is 0 Å². The summed E-state index contributed by atoms with van der Waals surface area (Å²) in [6.45, 7) is -1.32. The Morgan fingerprint density at radius 3 is 2.73 bits per heavy atom. The van der Waals surface area contributed by atoms with Crippen LogP contribution in [-0.4, -0.2) is 61.5 Å². The van der Waals surface area contributed by atoms with E-state index >= 15 is 0 Å². The fourth-order valence-corrected chi connectivity index (χ4v) is 6.78. The van der Waals surface area contributed by atoms with Gasteiger partial charge in [0.05, 0.1) is 35.8 Å². The number of carbonyl (C=O) groups is 2. The number of amides is 1. The van der Waals surface area contributed by atoms with E-state index in [1.165, 1.54) is 23.1 Å². The van der Waals surface area contributed by atoms with E-state index in [4.69, 9.17) is 0 Å². The van der Waals surface area contributed by atoms with Crippen molar-refractivity contribution < 1.29 is 32.2 Å². The summed E-state index contributed by atoms with van der Waals surface area (Å²) in [5.41, 5.74) is 0.131. The Hall–Kier alpha value is -1.98. The number of aliphatic carboxylic acids is 1. The monoisotopic (exact) mass is 401 g/mol. The number of thioether (sulfide) groups is 1. The molecular weight excluding hydrogens is 387 g/mol. The Bertz CT molecular complexity index is 873. The molecule has 11 heteroatoms. The van der Waals surface area contributed by atoms with Gasteiger partial charge in [-0.05, 0) is 12.1 Å². The number of para-hydroxylation sites is 1. The van der Waals surface area contributed by atoms with Gasteiger partial charge in [0, 0.05) is 5.25 Å². The Kier molecular flexibility index (Phi) is 5.30. The molecule has 2 aliphatic heterocycles. The standard InChI is InChI=1S/C15H15FN2O6S2/c16-9-3-1-2-4-10(9)18-11-7-26(22,23)8-12(11)25-15(18)17-13(19)5-24-6-14(20)21/h1-4,11-12H,5-8H2,(H,20,21)/p-1/t11-,12+/m0/s1. The van der Waals surface area contributed by atoms with Gasteiger partial charge >= 0.3 is 0 Å². The minimum absolute atomic E-state index is 0.0817. The molecular formula is C15H14FN2O6S2-. The van der Waals surface area contributed by atoms with E-state index in [2.05, 4.69) is 9.73 Å². The average Bonchev–Trinajstić information content (AvgIpc) is 2.98. The van der Waals surface area contributed by atoms with Crippen LogP contribution in [0.25, 0.3) is 0 Å². The van der Waals surface area contributed by atoms with Gasteiger partial charge in [-0.25, -0.2) is 12.8 Å². The molecule has 26 heavy (non-hydrogen) atoms. The molecule has 140 valence electrons. The Balaban J connectivity index is 1.87. The highest BCUT2D eigenvalue weighted by atomic mass is 32.2. The van der Waals surface area contributed by atoms with Gasteiger partial charge in [-0.1, -0.05) is 23.9 Å². The van der Waals surface area contributed by atoms with Gasteiger partial charge < -0.3 is 19.5 Å². The summed E-state index contributed by atoms with van der Waals surface area (Å²) in [5, 5.41) is 10.1. The maximum Gasteiger partial charge on any atom is 0.274 e. The molecule has 0 aliphatic carbocycles. The number of rotatable bonds is 5. The number of sulfone groups is 1. The molecule has 8 nitrogen and oxygen atoms in total. The summed E-state index contributed by atoms with van der Waals surface area (Å²) in [6, 6.07) is 5.29. The fourth-order valence-electron chi connectivity index (χ4n) is 2.85. The second-order valence-corrected chi connectivity index (χ2v) is 9.14. The highest BCUT2D eigenvalue weighted by molar-refractivity contribution is 8.16. The number of aliphatic imine (C=N–C) groups is 1. The summed E-state index contributed by atoms with van der Waals surface area (Å²) in [4.78, 5) is 27.5. The van der Waals surface area contributed by atoms with E-state index < -0.39 is 46.8 Å². The van der Waals surface area contributed by atoms with Crippen LogP contribution < -0.4 is 10.0 Å². The van der Waals surface area contributed by atoms with Crippen molar-refractivity contribution >= 4 is 44.3 Å². The van der Waals surface area contributed by atoms with E-state index in [1.54, 1.807) is 6.07 Å². The lowest BCUT2D eigenvalue weighted by Crippen LogP contribution is -2.38. The number of ether oxygens (including phenoxy) is 1. The number of carboxylic acids is 1.